The summed E-state index contributed by atoms with van der Waals surface area (Å²) in [5.41, 5.74) is 7.47. The zero-order chi connectivity index (χ0) is 20.8. The summed E-state index contributed by atoms with van der Waals surface area (Å²) >= 11 is 3.72. The van der Waals surface area contributed by atoms with Crippen molar-refractivity contribution in [3.05, 3.63) is 57.8 Å². The maximum atomic E-state index is 5.12. The molecule has 4 heterocycles. The van der Waals surface area contributed by atoms with E-state index in [0.717, 1.165) is 17.8 Å². The van der Waals surface area contributed by atoms with Crippen LogP contribution in [0.1, 0.15) is 50.6 Å². The van der Waals surface area contributed by atoms with Gasteiger partial charge in [0.05, 0.1) is 11.4 Å². The summed E-state index contributed by atoms with van der Waals surface area (Å²) in [7, 11) is 0. The van der Waals surface area contributed by atoms with Gasteiger partial charge >= 0.3 is 0 Å². The third-order valence-corrected chi connectivity index (χ3v) is 9.09. The summed E-state index contributed by atoms with van der Waals surface area (Å²) in [6.45, 7) is 11.4. The maximum absolute atomic E-state index is 5.12. The molecule has 30 heavy (non-hydrogen) atoms. The molecule has 0 saturated heterocycles. The Morgan fingerprint density at radius 2 is 1.70 bits per heavy atom. The van der Waals surface area contributed by atoms with Gasteiger partial charge in [-0.3, -0.25) is 9.98 Å². The molecule has 0 N–H and O–H groups in total. The van der Waals surface area contributed by atoms with Gasteiger partial charge in [-0.15, -0.1) is 22.7 Å². The molecule has 0 amide bonds. The molecule has 2 aliphatic rings. The van der Waals surface area contributed by atoms with E-state index in [4.69, 9.17) is 9.98 Å². The van der Waals surface area contributed by atoms with Crippen molar-refractivity contribution in [3.8, 4) is 0 Å². The lowest BCUT2D eigenvalue weighted by Gasteiger charge is -2.22. The van der Waals surface area contributed by atoms with Crippen LogP contribution in [0.25, 0.3) is 20.2 Å². The highest BCUT2D eigenvalue weighted by molar-refractivity contribution is 7.19. The molecular formula is C26H24N2S2. The van der Waals surface area contributed by atoms with Crippen LogP contribution in [0.3, 0.4) is 0 Å². The minimum Gasteiger partial charge on any atom is -0.257 e. The molecule has 4 heteroatoms. The largest absolute Gasteiger partial charge is 0.257 e. The van der Waals surface area contributed by atoms with Crippen LogP contribution >= 0.6 is 22.7 Å². The maximum Gasteiger partial charge on any atom is 0.0677 e. The van der Waals surface area contributed by atoms with Crippen LogP contribution in [0.2, 0.25) is 0 Å². The van der Waals surface area contributed by atoms with Gasteiger partial charge in [0.2, 0.25) is 0 Å². The Hall–Kier alpha value is -2.30. The van der Waals surface area contributed by atoms with Crippen molar-refractivity contribution < 1.29 is 0 Å². The lowest BCUT2D eigenvalue weighted by molar-refractivity contribution is 0.727. The van der Waals surface area contributed by atoms with E-state index in [-0.39, 0.29) is 10.8 Å². The second-order valence-corrected chi connectivity index (χ2v) is 11.7. The Bertz CT molecular complexity index is 1430. The second-order valence-electron chi connectivity index (χ2n) is 9.59. The van der Waals surface area contributed by atoms with E-state index < -0.39 is 0 Å². The number of hydrogen-bond acceptors (Lipinski definition) is 4. The smallest absolute Gasteiger partial charge is 0.0677 e. The molecule has 0 spiro atoms. The third-order valence-electron chi connectivity index (χ3n) is 7.11. The van der Waals surface area contributed by atoms with Crippen LogP contribution in [0, 0.1) is 0 Å². The third kappa shape index (κ3) is 2.41. The minimum atomic E-state index is -0.0371. The first-order valence-corrected chi connectivity index (χ1v) is 12.2. The van der Waals surface area contributed by atoms with Gasteiger partial charge in [0.25, 0.3) is 0 Å². The fourth-order valence-electron chi connectivity index (χ4n) is 4.95. The first-order chi connectivity index (χ1) is 14.2. The van der Waals surface area contributed by atoms with Crippen molar-refractivity contribution in [3.63, 3.8) is 0 Å². The van der Waals surface area contributed by atoms with Gasteiger partial charge in [-0.2, -0.15) is 0 Å². The fourth-order valence-corrected chi connectivity index (χ4v) is 6.83. The van der Waals surface area contributed by atoms with E-state index in [1.165, 1.54) is 47.6 Å². The molecule has 6 rings (SSSR count). The summed E-state index contributed by atoms with van der Waals surface area (Å²) in [5, 5.41) is 4.84. The Kier molecular flexibility index (Phi) is 3.63. The summed E-state index contributed by atoms with van der Waals surface area (Å²) in [5.74, 6) is 0. The van der Waals surface area contributed by atoms with E-state index >= 15 is 0 Å². The Labute approximate surface area is 185 Å². The second kappa shape index (κ2) is 5.89. The number of rotatable bonds is 2. The fraction of sp³-hybridized carbons (Fsp3) is 0.308. The lowest BCUT2D eigenvalue weighted by Crippen LogP contribution is -2.26. The molecule has 0 atom stereocenters. The van der Waals surface area contributed by atoms with Gasteiger partial charge in [0.15, 0.2) is 0 Å². The molecule has 0 saturated carbocycles. The quantitative estimate of drug-likeness (QED) is 0.308. The van der Waals surface area contributed by atoms with E-state index in [1.807, 2.05) is 22.7 Å². The van der Waals surface area contributed by atoms with E-state index in [2.05, 4.69) is 76.4 Å². The van der Waals surface area contributed by atoms with E-state index in [9.17, 15) is 0 Å². The van der Waals surface area contributed by atoms with Gasteiger partial charge in [-0.1, -0.05) is 27.7 Å². The highest BCUT2D eigenvalue weighted by Crippen LogP contribution is 2.47. The van der Waals surface area contributed by atoms with E-state index in [0.29, 0.717) is 0 Å². The number of aliphatic imine (C=N–C) groups is 2. The molecule has 2 aromatic carbocycles. The van der Waals surface area contributed by atoms with Gasteiger partial charge in [-0.25, -0.2) is 0 Å². The predicted octanol–water partition coefficient (Wildman–Crippen LogP) is 8.11. The van der Waals surface area contributed by atoms with Crippen molar-refractivity contribution in [1.82, 2.24) is 0 Å². The highest BCUT2D eigenvalue weighted by Gasteiger charge is 2.37. The summed E-state index contributed by atoms with van der Waals surface area (Å²) in [6.07, 6.45) is 0.906. The van der Waals surface area contributed by atoms with Gasteiger partial charge in [0, 0.05) is 43.0 Å². The van der Waals surface area contributed by atoms with Crippen molar-refractivity contribution in [1.29, 1.82) is 0 Å². The zero-order valence-corrected chi connectivity index (χ0v) is 19.6. The number of nitrogens with zero attached hydrogens (tertiary/aromatic N) is 2. The van der Waals surface area contributed by atoms with Crippen LogP contribution in [0.5, 0.6) is 0 Å². The molecule has 0 fully saturated rings. The lowest BCUT2D eigenvalue weighted by atomic mass is 9.79. The van der Waals surface area contributed by atoms with Crippen molar-refractivity contribution in [2.75, 3.05) is 0 Å². The molecular weight excluding hydrogens is 404 g/mol. The monoisotopic (exact) mass is 428 g/mol. The summed E-state index contributed by atoms with van der Waals surface area (Å²) in [4.78, 5) is 11.3. The van der Waals surface area contributed by atoms with Gasteiger partial charge < -0.3 is 0 Å². The molecule has 2 aromatic heterocycles. The molecule has 0 aliphatic carbocycles. The first kappa shape index (κ1) is 18.5. The molecule has 150 valence electrons. The van der Waals surface area contributed by atoms with Crippen molar-refractivity contribution in [2.45, 2.75) is 51.9 Å². The predicted molar refractivity (Wildman–Crippen MR) is 133 cm³/mol. The Morgan fingerprint density at radius 1 is 0.867 bits per heavy atom. The van der Waals surface area contributed by atoms with Crippen LogP contribution < -0.4 is 0 Å². The molecule has 0 unspecified atom stereocenters. The van der Waals surface area contributed by atoms with Crippen molar-refractivity contribution in [2.24, 2.45) is 9.98 Å². The minimum absolute atomic E-state index is 0.000678. The Balaban J connectivity index is 1.42. The normalized spacial score (nSPS) is 18.6. The van der Waals surface area contributed by atoms with E-state index in [1.54, 1.807) is 0 Å². The average molecular weight is 429 g/mol. The average Bonchev–Trinajstić information content (AvgIpc) is 3.40. The highest BCUT2D eigenvalue weighted by atomic mass is 32.1. The number of hydrogen-bond donors (Lipinski definition) is 0. The zero-order valence-electron chi connectivity index (χ0n) is 18.0. The molecule has 4 aromatic rings. The summed E-state index contributed by atoms with van der Waals surface area (Å²) in [6, 6.07) is 13.6. The molecule has 0 radical (unpaired) electrons. The number of fused-ring (bicyclic) bond motifs is 5. The van der Waals surface area contributed by atoms with Crippen LogP contribution in [0.15, 0.2) is 51.8 Å². The van der Waals surface area contributed by atoms with Crippen LogP contribution in [-0.2, 0) is 17.3 Å². The van der Waals surface area contributed by atoms with Gasteiger partial charge in [0.1, 0.15) is 0 Å². The topological polar surface area (TPSA) is 24.7 Å². The van der Waals surface area contributed by atoms with Crippen molar-refractivity contribution >= 4 is 65.6 Å². The first-order valence-electron chi connectivity index (χ1n) is 10.5. The van der Waals surface area contributed by atoms with Gasteiger partial charge in [-0.05, 0) is 70.6 Å². The SMILES string of the molecule is CC1=Nc2ccc3sc(CC4=Nc5cc6ccsc6cc5C4(C)C)cc3c2C1(C)C. The molecule has 2 aliphatic heterocycles. The Morgan fingerprint density at radius 3 is 2.53 bits per heavy atom. The molecule has 2 nitrogen and oxygen atoms in total. The van der Waals surface area contributed by atoms with Crippen LogP contribution in [0.4, 0.5) is 11.4 Å². The standard InChI is InChI=1S/C26H24N2S2/c1-14-25(2,3)24-17-11-16(30-21(17)7-6-19(24)27-14)12-23-26(4,5)18-13-22-15(8-9-29-22)10-20(18)28-23/h6-11,13H,12H2,1-5H3. The summed E-state index contributed by atoms with van der Waals surface area (Å²) < 4.78 is 2.71. The number of thiophene rings is 2. The molecule has 0 bridgehead atoms. The van der Waals surface area contributed by atoms with Crippen LogP contribution in [-0.4, -0.2) is 11.4 Å². The number of benzene rings is 2.